The van der Waals surface area contributed by atoms with Gasteiger partial charge in [-0.2, -0.15) is 0 Å². The highest BCUT2D eigenvalue weighted by molar-refractivity contribution is 9.10. The highest BCUT2D eigenvalue weighted by Crippen LogP contribution is 2.24. The van der Waals surface area contributed by atoms with Crippen molar-refractivity contribution in [3.63, 3.8) is 0 Å². The summed E-state index contributed by atoms with van der Waals surface area (Å²) in [4.78, 5) is 12.1. The number of aliphatic imine (C=N–C) groups is 1. The Hall–Kier alpha value is -2.98. The van der Waals surface area contributed by atoms with Crippen LogP contribution >= 0.6 is 15.9 Å². The molecule has 3 rings (SSSR count). The number of phenolic OH excluding ortho intramolecular Hbond substituents is 1. The number of nitrogens with one attached hydrogen (secondary N) is 1. The summed E-state index contributed by atoms with van der Waals surface area (Å²) >= 11 is 3.33. The summed E-state index contributed by atoms with van der Waals surface area (Å²) in [5, 5.41) is 9.83. The van der Waals surface area contributed by atoms with Gasteiger partial charge in [0.1, 0.15) is 5.75 Å². The van der Waals surface area contributed by atoms with Crippen LogP contribution in [0.4, 0.5) is 11.5 Å². The summed E-state index contributed by atoms with van der Waals surface area (Å²) in [7, 11) is -2.50. The molecule has 2 N–H and O–H groups in total. The molecule has 0 spiro atoms. The Kier molecular flexibility index (Phi) is 5.90. The molecular formula is C18H15BrN4O4S. The largest absolute Gasteiger partial charge is 0.507 e. The number of halogens is 1. The molecule has 0 amide bonds. The van der Waals surface area contributed by atoms with Gasteiger partial charge in [-0.05, 0) is 42.5 Å². The Balaban J connectivity index is 1.79. The maximum Gasteiger partial charge on any atom is 0.263 e. The fourth-order valence-corrected chi connectivity index (χ4v) is 3.60. The number of phenols is 1. The lowest BCUT2D eigenvalue weighted by molar-refractivity contribution is 0.398. The van der Waals surface area contributed by atoms with Gasteiger partial charge in [0, 0.05) is 28.6 Å². The molecule has 0 saturated heterocycles. The zero-order valence-corrected chi connectivity index (χ0v) is 17.0. The van der Waals surface area contributed by atoms with E-state index in [-0.39, 0.29) is 22.3 Å². The molecule has 2 aromatic carbocycles. The second kappa shape index (κ2) is 8.36. The predicted octanol–water partition coefficient (Wildman–Crippen LogP) is 3.50. The van der Waals surface area contributed by atoms with Crippen LogP contribution in [-0.2, 0) is 10.0 Å². The number of hydrogen-bond acceptors (Lipinski definition) is 7. The Morgan fingerprint density at radius 3 is 2.57 bits per heavy atom. The van der Waals surface area contributed by atoms with Crippen LogP contribution in [0.3, 0.4) is 0 Å². The summed E-state index contributed by atoms with van der Waals surface area (Å²) in [6.45, 7) is 0. The average Bonchev–Trinajstić information content (AvgIpc) is 2.69. The molecule has 0 aliphatic heterocycles. The van der Waals surface area contributed by atoms with Crippen molar-refractivity contribution in [3.8, 4) is 11.6 Å². The fourth-order valence-electron chi connectivity index (χ4n) is 2.22. The summed E-state index contributed by atoms with van der Waals surface area (Å²) < 4.78 is 33.2. The first-order chi connectivity index (χ1) is 13.4. The Labute approximate surface area is 170 Å². The minimum atomic E-state index is -3.87. The molecule has 0 fully saturated rings. The number of benzene rings is 2. The standard InChI is InChI=1S/C18H15BrN4O4S/c1-27-18-17(20-8-9-21-18)23-28(25,26)15-5-3-14(4-6-15)22-11-12-10-13(19)2-7-16(12)24/h2-11,24H,1H3,(H,20,23). The van der Waals surface area contributed by atoms with E-state index in [0.29, 0.717) is 11.3 Å². The number of rotatable bonds is 6. The predicted molar refractivity (Wildman–Crippen MR) is 109 cm³/mol. The maximum atomic E-state index is 12.5. The van der Waals surface area contributed by atoms with E-state index in [1.54, 1.807) is 30.3 Å². The molecule has 0 unspecified atom stereocenters. The first kappa shape index (κ1) is 19.8. The van der Waals surface area contributed by atoms with Crippen molar-refractivity contribution >= 4 is 43.7 Å². The van der Waals surface area contributed by atoms with Crippen molar-refractivity contribution in [2.45, 2.75) is 4.90 Å². The molecule has 0 aliphatic carbocycles. The van der Waals surface area contributed by atoms with E-state index in [0.717, 1.165) is 4.47 Å². The highest BCUT2D eigenvalue weighted by Gasteiger charge is 2.17. The van der Waals surface area contributed by atoms with E-state index in [1.165, 1.54) is 37.9 Å². The van der Waals surface area contributed by atoms with Crippen LogP contribution in [-0.4, -0.2) is 36.8 Å². The minimum absolute atomic E-state index is 0.00257. The average molecular weight is 463 g/mol. The maximum absolute atomic E-state index is 12.5. The molecule has 144 valence electrons. The molecule has 10 heteroatoms. The monoisotopic (exact) mass is 462 g/mol. The van der Waals surface area contributed by atoms with Crippen LogP contribution in [0.2, 0.25) is 0 Å². The van der Waals surface area contributed by atoms with Gasteiger partial charge in [0.15, 0.2) is 0 Å². The quantitative estimate of drug-likeness (QED) is 0.541. The Bertz CT molecular complexity index is 1120. The third-order valence-electron chi connectivity index (χ3n) is 3.58. The normalized spacial score (nSPS) is 11.5. The second-order valence-electron chi connectivity index (χ2n) is 5.47. The topological polar surface area (TPSA) is 114 Å². The second-order valence-corrected chi connectivity index (χ2v) is 8.07. The van der Waals surface area contributed by atoms with Crippen molar-refractivity contribution in [2.24, 2.45) is 4.99 Å². The summed E-state index contributed by atoms with van der Waals surface area (Å²) in [6, 6.07) is 10.9. The third-order valence-corrected chi connectivity index (χ3v) is 5.43. The molecule has 3 aromatic rings. The number of anilines is 1. The molecule has 0 radical (unpaired) electrons. The van der Waals surface area contributed by atoms with E-state index in [1.807, 2.05) is 0 Å². The van der Waals surface area contributed by atoms with E-state index in [4.69, 9.17) is 4.74 Å². The molecule has 0 aliphatic rings. The Morgan fingerprint density at radius 2 is 1.86 bits per heavy atom. The van der Waals surface area contributed by atoms with Gasteiger partial charge < -0.3 is 9.84 Å². The molecule has 0 bridgehead atoms. The minimum Gasteiger partial charge on any atom is -0.507 e. The van der Waals surface area contributed by atoms with Crippen LogP contribution in [0.5, 0.6) is 11.6 Å². The van der Waals surface area contributed by atoms with Gasteiger partial charge in [-0.25, -0.2) is 18.4 Å². The number of nitrogens with zero attached hydrogens (tertiary/aromatic N) is 3. The zero-order chi connectivity index (χ0) is 20.1. The van der Waals surface area contributed by atoms with Gasteiger partial charge in [0.2, 0.25) is 5.82 Å². The lowest BCUT2D eigenvalue weighted by Gasteiger charge is -2.09. The third kappa shape index (κ3) is 4.65. The van der Waals surface area contributed by atoms with Crippen molar-refractivity contribution in [1.82, 2.24) is 9.97 Å². The van der Waals surface area contributed by atoms with E-state index in [2.05, 4.69) is 35.6 Å². The lowest BCUT2D eigenvalue weighted by Crippen LogP contribution is -2.14. The first-order valence-electron chi connectivity index (χ1n) is 7.89. The summed E-state index contributed by atoms with van der Waals surface area (Å²) in [6.07, 6.45) is 4.24. The SMILES string of the molecule is COc1nccnc1NS(=O)(=O)c1ccc(N=Cc2cc(Br)ccc2O)cc1. The summed E-state index contributed by atoms with van der Waals surface area (Å²) in [5.74, 6) is 0.159. The van der Waals surface area contributed by atoms with Crippen molar-refractivity contribution in [3.05, 3.63) is 64.9 Å². The smallest absolute Gasteiger partial charge is 0.263 e. The van der Waals surface area contributed by atoms with Crippen LogP contribution in [0.15, 0.2) is 69.2 Å². The fraction of sp³-hybridized carbons (Fsp3) is 0.0556. The first-order valence-corrected chi connectivity index (χ1v) is 10.2. The number of methoxy groups -OCH3 is 1. The van der Waals surface area contributed by atoms with Crippen LogP contribution < -0.4 is 9.46 Å². The van der Waals surface area contributed by atoms with Gasteiger partial charge in [0.25, 0.3) is 15.9 Å². The van der Waals surface area contributed by atoms with E-state index >= 15 is 0 Å². The van der Waals surface area contributed by atoms with Gasteiger partial charge >= 0.3 is 0 Å². The lowest BCUT2D eigenvalue weighted by atomic mass is 10.2. The van der Waals surface area contributed by atoms with E-state index < -0.39 is 10.0 Å². The van der Waals surface area contributed by atoms with Gasteiger partial charge in [-0.15, -0.1) is 0 Å². The molecule has 28 heavy (non-hydrogen) atoms. The van der Waals surface area contributed by atoms with Crippen LogP contribution in [0.25, 0.3) is 0 Å². The number of aromatic nitrogens is 2. The zero-order valence-electron chi connectivity index (χ0n) is 14.6. The molecule has 0 atom stereocenters. The number of ether oxygens (including phenoxy) is 1. The number of aromatic hydroxyl groups is 1. The molecule has 1 heterocycles. The van der Waals surface area contributed by atoms with Crippen molar-refractivity contribution < 1.29 is 18.3 Å². The highest BCUT2D eigenvalue weighted by atomic mass is 79.9. The summed E-state index contributed by atoms with van der Waals surface area (Å²) in [5.41, 5.74) is 1.05. The molecular weight excluding hydrogens is 448 g/mol. The van der Waals surface area contributed by atoms with Crippen molar-refractivity contribution in [2.75, 3.05) is 11.8 Å². The van der Waals surface area contributed by atoms with Gasteiger partial charge in [0.05, 0.1) is 17.7 Å². The Morgan fingerprint density at radius 1 is 1.14 bits per heavy atom. The van der Waals surface area contributed by atoms with Gasteiger partial charge in [-0.1, -0.05) is 15.9 Å². The van der Waals surface area contributed by atoms with Gasteiger partial charge in [-0.3, -0.25) is 9.71 Å². The molecule has 1 aromatic heterocycles. The van der Waals surface area contributed by atoms with Crippen molar-refractivity contribution in [1.29, 1.82) is 0 Å². The van der Waals surface area contributed by atoms with Crippen LogP contribution in [0, 0.1) is 0 Å². The van der Waals surface area contributed by atoms with Crippen LogP contribution in [0.1, 0.15) is 5.56 Å². The number of hydrogen-bond donors (Lipinski definition) is 2. The number of sulfonamides is 1. The molecule has 0 saturated carbocycles. The van der Waals surface area contributed by atoms with E-state index in [9.17, 15) is 13.5 Å². The molecule has 8 nitrogen and oxygen atoms in total.